The first kappa shape index (κ1) is 32.1. The van der Waals surface area contributed by atoms with Crippen molar-refractivity contribution in [3.8, 4) is 17.0 Å². The molecule has 246 valence electrons. The van der Waals surface area contributed by atoms with Gasteiger partial charge >= 0.3 is 0 Å². The van der Waals surface area contributed by atoms with Crippen LogP contribution in [0.4, 0.5) is 23.0 Å². The van der Waals surface area contributed by atoms with E-state index >= 15 is 0 Å². The Kier molecular flexibility index (Phi) is 9.50. The molecule has 0 unspecified atom stereocenters. The Labute approximate surface area is 275 Å². The van der Waals surface area contributed by atoms with Crippen LogP contribution < -0.4 is 25.8 Å². The average Bonchev–Trinajstić information content (AvgIpc) is 3.09. The molecule has 0 atom stereocenters. The SMILES string of the molecule is C=CC(=O)Nc1cccc(-c2nn(C(C)C)c(=O)c3cnc(Nc4ccc(N5CCC(N6CCN(C)CC6)CC5)cc4OC)nc23)c1. The Balaban J connectivity index is 1.26. The van der Waals surface area contributed by atoms with E-state index in [1.54, 1.807) is 19.2 Å². The van der Waals surface area contributed by atoms with Crippen LogP contribution in [-0.2, 0) is 4.79 Å². The smallest absolute Gasteiger partial charge is 0.278 e. The van der Waals surface area contributed by atoms with Gasteiger partial charge in [-0.3, -0.25) is 14.5 Å². The number of hydrogen-bond donors (Lipinski definition) is 2. The molecular weight excluding hydrogens is 594 g/mol. The van der Waals surface area contributed by atoms with E-state index in [2.05, 4.69) is 56.1 Å². The van der Waals surface area contributed by atoms with Gasteiger partial charge < -0.3 is 25.2 Å². The van der Waals surface area contributed by atoms with Crippen LogP contribution in [-0.4, -0.2) is 94.9 Å². The highest BCUT2D eigenvalue weighted by Crippen LogP contribution is 2.34. The molecule has 4 aromatic rings. The summed E-state index contributed by atoms with van der Waals surface area (Å²) in [4.78, 5) is 42.1. The number of piperazine rings is 1. The van der Waals surface area contributed by atoms with Gasteiger partial charge in [0.25, 0.3) is 5.56 Å². The lowest BCUT2D eigenvalue weighted by Gasteiger charge is -2.42. The van der Waals surface area contributed by atoms with Crippen LogP contribution in [0.25, 0.3) is 22.2 Å². The number of hydrogen-bond acceptors (Lipinski definition) is 10. The summed E-state index contributed by atoms with van der Waals surface area (Å²) < 4.78 is 7.24. The Morgan fingerprint density at radius 3 is 2.53 bits per heavy atom. The second kappa shape index (κ2) is 13.9. The van der Waals surface area contributed by atoms with Gasteiger partial charge in [-0.2, -0.15) is 5.10 Å². The minimum absolute atomic E-state index is 0.188. The number of aromatic nitrogens is 4. The third-order valence-electron chi connectivity index (χ3n) is 9.05. The quantitative estimate of drug-likeness (QED) is 0.253. The fourth-order valence-electron chi connectivity index (χ4n) is 6.36. The molecule has 4 heterocycles. The van der Waals surface area contributed by atoms with Crippen LogP contribution in [0.5, 0.6) is 5.75 Å². The first-order valence-corrected chi connectivity index (χ1v) is 16.2. The zero-order valence-corrected chi connectivity index (χ0v) is 27.6. The van der Waals surface area contributed by atoms with E-state index in [9.17, 15) is 9.59 Å². The predicted molar refractivity (Wildman–Crippen MR) is 187 cm³/mol. The fourth-order valence-corrected chi connectivity index (χ4v) is 6.36. The zero-order chi connectivity index (χ0) is 33.1. The number of amides is 1. The fraction of sp³-hybridized carbons (Fsp3) is 0.400. The van der Waals surface area contributed by atoms with E-state index in [4.69, 9.17) is 14.8 Å². The van der Waals surface area contributed by atoms with E-state index in [0.29, 0.717) is 51.3 Å². The summed E-state index contributed by atoms with van der Waals surface area (Å²) in [5, 5.41) is 11.1. The second-order valence-electron chi connectivity index (χ2n) is 12.5. The molecule has 2 aromatic heterocycles. The van der Waals surface area contributed by atoms with Crippen LogP contribution in [0.3, 0.4) is 0 Å². The minimum Gasteiger partial charge on any atom is -0.494 e. The number of ether oxygens (including phenoxy) is 1. The minimum atomic E-state index is -0.323. The van der Waals surface area contributed by atoms with Gasteiger partial charge in [-0.25, -0.2) is 14.6 Å². The van der Waals surface area contributed by atoms with Crippen LogP contribution in [0.15, 0.2) is 66.1 Å². The standard InChI is InChI=1S/C35H43N9O3/c1-6-31(45)37-25-9-7-8-24(20-25)32-33-28(34(46)44(40-32)23(2)3)22-36-35(39-33)38-29-11-10-27(21-30(29)47-5)42-14-12-26(13-15-42)43-18-16-41(4)17-19-43/h6-11,20-23,26H,1,12-19H2,2-5H3,(H,37,45)(H,36,38,39). The first-order valence-electron chi connectivity index (χ1n) is 16.2. The van der Waals surface area contributed by atoms with Gasteiger partial charge in [-0.15, -0.1) is 0 Å². The molecule has 2 aromatic carbocycles. The lowest BCUT2D eigenvalue weighted by molar-refractivity contribution is -0.111. The highest BCUT2D eigenvalue weighted by atomic mass is 16.5. The lowest BCUT2D eigenvalue weighted by Crippen LogP contribution is -2.52. The maximum absolute atomic E-state index is 13.4. The summed E-state index contributed by atoms with van der Waals surface area (Å²) in [6.45, 7) is 13.9. The summed E-state index contributed by atoms with van der Waals surface area (Å²) in [5.41, 5.74) is 3.71. The molecular formula is C35H43N9O3. The van der Waals surface area contributed by atoms with Gasteiger partial charge in [-0.1, -0.05) is 18.7 Å². The molecule has 2 saturated heterocycles. The number of benzene rings is 2. The predicted octanol–water partition coefficient (Wildman–Crippen LogP) is 4.53. The number of piperidine rings is 1. The number of rotatable bonds is 9. The van der Waals surface area contributed by atoms with E-state index in [0.717, 1.165) is 57.8 Å². The Hall–Kier alpha value is -4.81. The van der Waals surface area contributed by atoms with E-state index in [-0.39, 0.29) is 17.5 Å². The van der Waals surface area contributed by atoms with Gasteiger partial charge in [0.15, 0.2) is 0 Å². The molecule has 0 radical (unpaired) electrons. The number of fused-ring (bicyclic) bond motifs is 1. The molecule has 12 heteroatoms. The summed E-state index contributed by atoms with van der Waals surface area (Å²) in [6, 6.07) is 13.8. The van der Waals surface area contributed by atoms with Crippen molar-refractivity contribution in [3.63, 3.8) is 0 Å². The van der Waals surface area contributed by atoms with E-state index in [1.807, 2.05) is 32.0 Å². The number of carbonyl (C=O) groups excluding carboxylic acids is 1. The van der Waals surface area contributed by atoms with Crippen molar-refractivity contribution in [3.05, 3.63) is 71.7 Å². The number of carbonyl (C=O) groups is 1. The van der Waals surface area contributed by atoms with Crippen molar-refractivity contribution >= 4 is 39.8 Å². The largest absolute Gasteiger partial charge is 0.494 e. The summed E-state index contributed by atoms with van der Waals surface area (Å²) >= 11 is 0. The van der Waals surface area contributed by atoms with Crippen LogP contribution in [0.1, 0.15) is 32.7 Å². The van der Waals surface area contributed by atoms with Crippen LogP contribution >= 0.6 is 0 Å². The molecule has 0 spiro atoms. The molecule has 2 N–H and O–H groups in total. The number of nitrogens with zero attached hydrogens (tertiary/aromatic N) is 7. The monoisotopic (exact) mass is 637 g/mol. The van der Waals surface area contributed by atoms with Crippen molar-refractivity contribution < 1.29 is 9.53 Å². The van der Waals surface area contributed by atoms with Gasteiger partial charge in [-0.05, 0) is 64.1 Å². The highest BCUT2D eigenvalue weighted by Gasteiger charge is 2.27. The van der Waals surface area contributed by atoms with E-state index < -0.39 is 0 Å². The first-order chi connectivity index (χ1) is 22.7. The second-order valence-corrected chi connectivity index (χ2v) is 12.5. The van der Waals surface area contributed by atoms with E-state index in [1.165, 1.54) is 17.0 Å². The molecule has 1 amide bonds. The molecule has 6 rings (SSSR count). The Morgan fingerprint density at radius 2 is 1.83 bits per heavy atom. The van der Waals surface area contributed by atoms with Crippen molar-refractivity contribution in [2.45, 2.75) is 38.8 Å². The zero-order valence-electron chi connectivity index (χ0n) is 27.6. The average molecular weight is 638 g/mol. The van der Waals surface area contributed by atoms with Crippen LogP contribution in [0.2, 0.25) is 0 Å². The third kappa shape index (κ3) is 6.98. The third-order valence-corrected chi connectivity index (χ3v) is 9.05. The molecule has 12 nitrogen and oxygen atoms in total. The summed E-state index contributed by atoms with van der Waals surface area (Å²) in [6.07, 6.45) is 5.04. The van der Waals surface area contributed by atoms with Crippen molar-refractivity contribution in [2.24, 2.45) is 0 Å². The number of nitrogens with one attached hydrogen (secondary N) is 2. The highest BCUT2D eigenvalue weighted by molar-refractivity contribution is 5.99. The molecule has 2 fully saturated rings. The van der Waals surface area contributed by atoms with Crippen molar-refractivity contribution in [1.29, 1.82) is 0 Å². The van der Waals surface area contributed by atoms with Gasteiger partial charge in [0.1, 0.15) is 17.0 Å². The molecule has 47 heavy (non-hydrogen) atoms. The van der Waals surface area contributed by atoms with Gasteiger partial charge in [0.2, 0.25) is 11.9 Å². The van der Waals surface area contributed by atoms with Crippen molar-refractivity contribution in [2.75, 3.05) is 69.0 Å². The van der Waals surface area contributed by atoms with Crippen LogP contribution in [0, 0.1) is 0 Å². The molecule has 2 aliphatic heterocycles. The molecule has 0 saturated carbocycles. The Bertz CT molecular complexity index is 1820. The summed E-state index contributed by atoms with van der Waals surface area (Å²) in [5.74, 6) is 0.653. The van der Waals surface area contributed by atoms with Crippen molar-refractivity contribution in [1.82, 2.24) is 29.5 Å². The maximum Gasteiger partial charge on any atom is 0.278 e. The summed E-state index contributed by atoms with van der Waals surface area (Å²) in [7, 11) is 3.85. The number of methoxy groups -OCH3 is 1. The normalized spacial score (nSPS) is 16.4. The maximum atomic E-state index is 13.4. The Morgan fingerprint density at radius 1 is 1.06 bits per heavy atom. The van der Waals surface area contributed by atoms with Gasteiger partial charge in [0, 0.05) is 74.5 Å². The molecule has 2 aliphatic rings. The molecule has 0 aliphatic carbocycles. The lowest BCUT2D eigenvalue weighted by atomic mass is 10.0. The topological polar surface area (TPSA) is 121 Å². The number of likely N-dealkylation sites (N-methyl/N-ethyl adjacent to an activating group) is 1. The number of anilines is 4. The molecule has 0 bridgehead atoms. The van der Waals surface area contributed by atoms with Gasteiger partial charge in [0.05, 0.1) is 24.2 Å².